The second kappa shape index (κ2) is 9.85. The number of esters is 1. The lowest BCUT2D eigenvalue weighted by Crippen LogP contribution is -2.21. The van der Waals surface area contributed by atoms with Crippen molar-refractivity contribution in [1.29, 1.82) is 0 Å². The van der Waals surface area contributed by atoms with E-state index in [2.05, 4.69) is 15.5 Å². The van der Waals surface area contributed by atoms with E-state index < -0.39 is 18.5 Å². The van der Waals surface area contributed by atoms with E-state index in [1.807, 2.05) is 31.2 Å². The number of halogens is 2. The van der Waals surface area contributed by atoms with Crippen LogP contribution < -0.4 is 5.32 Å². The van der Waals surface area contributed by atoms with Gasteiger partial charge < -0.3 is 14.5 Å². The maximum atomic E-state index is 12.3. The van der Waals surface area contributed by atoms with Gasteiger partial charge in [0.2, 0.25) is 11.8 Å². The van der Waals surface area contributed by atoms with Gasteiger partial charge in [0.05, 0.1) is 16.3 Å². The van der Waals surface area contributed by atoms with Crippen molar-refractivity contribution in [3.63, 3.8) is 0 Å². The van der Waals surface area contributed by atoms with Crippen molar-refractivity contribution in [3.05, 3.63) is 87.9 Å². The van der Waals surface area contributed by atoms with Crippen LogP contribution in [0.2, 0.25) is 10.0 Å². The van der Waals surface area contributed by atoms with Gasteiger partial charge in [-0.1, -0.05) is 41.4 Å². The Bertz CT molecular complexity index is 1320. The fourth-order valence-corrected chi connectivity index (χ4v) is 3.34. The predicted molar refractivity (Wildman–Crippen MR) is 125 cm³/mol. The summed E-state index contributed by atoms with van der Waals surface area (Å²) in [6.07, 6.45) is 0. The first-order chi connectivity index (χ1) is 15.9. The number of carbonyl (C=O) groups excluding carboxylic acids is 2. The molecule has 4 aromatic rings. The standard InChI is InChI=1S/C24H17Cl2N3O4/c1-14-4-2-3-5-18(14)23-29-28-22(33-23)15-6-8-16(9-7-15)24(31)32-13-21(30)27-20-12-17(25)10-11-19(20)26/h2-12H,13H2,1H3,(H,27,30). The number of aryl methyl sites for hydroxylation is 1. The van der Waals surface area contributed by atoms with Gasteiger partial charge in [0.1, 0.15) is 0 Å². The molecule has 166 valence electrons. The largest absolute Gasteiger partial charge is 0.452 e. The lowest BCUT2D eigenvalue weighted by Gasteiger charge is -2.08. The summed E-state index contributed by atoms with van der Waals surface area (Å²) < 4.78 is 10.9. The van der Waals surface area contributed by atoms with Gasteiger partial charge in [-0.05, 0) is 61.0 Å². The number of carbonyl (C=O) groups is 2. The summed E-state index contributed by atoms with van der Waals surface area (Å²) in [5.41, 5.74) is 3.12. The van der Waals surface area contributed by atoms with Crippen molar-refractivity contribution >= 4 is 40.8 Å². The van der Waals surface area contributed by atoms with Gasteiger partial charge >= 0.3 is 5.97 Å². The van der Waals surface area contributed by atoms with Crippen molar-refractivity contribution in [2.45, 2.75) is 6.92 Å². The molecular weight excluding hydrogens is 465 g/mol. The van der Waals surface area contributed by atoms with E-state index in [-0.39, 0.29) is 5.56 Å². The average molecular weight is 482 g/mol. The Morgan fingerprint density at radius 1 is 0.970 bits per heavy atom. The molecule has 9 heteroatoms. The van der Waals surface area contributed by atoms with Crippen LogP contribution >= 0.6 is 23.2 Å². The maximum Gasteiger partial charge on any atom is 0.338 e. The average Bonchev–Trinajstić information content (AvgIpc) is 3.30. The highest BCUT2D eigenvalue weighted by atomic mass is 35.5. The summed E-state index contributed by atoms with van der Waals surface area (Å²) in [5.74, 6) is -0.456. The molecule has 1 aromatic heterocycles. The van der Waals surface area contributed by atoms with Crippen LogP contribution in [0.15, 0.2) is 71.1 Å². The topological polar surface area (TPSA) is 94.3 Å². The highest BCUT2D eigenvalue weighted by molar-refractivity contribution is 6.35. The van der Waals surface area contributed by atoms with Crippen molar-refractivity contribution in [2.75, 3.05) is 11.9 Å². The lowest BCUT2D eigenvalue weighted by molar-refractivity contribution is -0.119. The molecular formula is C24H17Cl2N3O4. The van der Waals surface area contributed by atoms with E-state index >= 15 is 0 Å². The number of hydrogen-bond acceptors (Lipinski definition) is 6. The summed E-state index contributed by atoms with van der Waals surface area (Å²) in [6, 6.07) is 18.8. The molecule has 0 bridgehead atoms. The Labute approximate surface area is 199 Å². The lowest BCUT2D eigenvalue weighted by atomic mass is 10.1. The van der Waals surface area contributed by atoms with Crippen LogP contribution in [0, 0.1) is 6.92 Å². The van der Waals surface area contributed by atoms with Crippen LogP contribution in [0.25, 0.3) is 22.9 Å². The number of rotatable bonds is 6. The summed E-state index contributed by atoms with van der Waals surface area (Å²) in [6.45, 7) is 1.48. The van der Waals surface area contributed by atoms with Crippen LogP contribution in [0.1, 0.15) is 15.9 Å². The molecule has 0 aliphatic rings. The molecule has 3 aromatic carbocycles. The van der Waals surface area contributed by atoms with Crippen molar-refractivity contribution < 1.29 is 18.7 Å². The molecule has 0 saturated heterocycles. The van der Waals surface area contributed by atoms with E-state index in [1.54, 1.807) is 36.4 Å². The molecule has 1 heterocycles. The molecule has 0 unspecified atom stereocenters. The van der Waals surface area contributed by atoms with Crippen molar-refractivity contribution in [1.82, 2.24) is 10.2 Å². The molecule has 1 N–H and O–H groups in total. The van der Waals surface area contributed by atoms with E-state index in [1.165, 1.54) is 6.07 Å². The first-order valence-corrected chi connectivity index (χ1v) is 10.6. The molecule has 0 spiro atoms. The second-order valence-electron chi connectivity index (χ2n) is 7.05. The van der Waals surface area contributed by atoms with Gasteiger partial charge in [0.15, 0.2) is 6.61 Å². The third kappa shape index (κ3) is 5.39. The molecule has 0 fully saturated rings. The van der Waals surface area contributed by atoms with Crippen LogP contribution in [-0.2, 0) is 9.53 Å². The Hall–Kier alpha value is -3.68. The maximum absolute atomic E-state index is 12.3. The van der Waals surface area contributed by atoms with Crippen LogP contribution in [0.3, 0.4) is 0 Å². The third-order valence-corrected chi connectivity index (χ3v) is 5.27. The number of aromatic nitrogens is 2. The fraction of sp³-hybridized carbons (Fsp3) is 0.0833. The number of ether oxygens (including phenoxy) is 1. The highest BCUT2D eigenvalue weighted by Gasteiger charge is 2.15. The minimum absolute atomic E-state index is 0.269. The van der Waals surface area contributed by atoms with Crippen LogP contribution in [-0.4, -0.2) is 28.7 Å². The number of amides is 1. The first kappa shape index (κ1) is 22.5. The minimum atomic E-state index is -0.653. The third-order valence-electron chi connectivity index (χ3n) is 4.70. The van der Waals surface area contributed by atoms with E-state index in [4.69, 9.17) is 32.4 Å². The van der Waals surface area contributed by atoms with Crippen molar-refractivity contribution in [3.8, 4) is 22.9 Å². The van der Waals surface area contributed by atoms with Gasteiger partial charge in [-0.25, -0.2) is 4.79 Å². The van der Waals surface area contributed by atoms with Gasteiger partial charge in [-0.15, -0.1) is 10.2 Å². The summed E-state index contributed by atoms with van der Waals surface area (Å²) in [5, 5.41) is 11.5. The molecule has 0 atom stereocenters. The van der Waals surface area contributed by atoms with E-state index in [0.717, 1.165) is 11.1 Å². The smallest absolute Gasteiger partial charge is 0.338 e. The van der Waals surface area contributed by atoms with E-state index in [0.29, 0.717) is 33.1 Å². The molecule has 0 radical (unpaired) electrons. The molecule has 0 aliphatic carbocycles. The number of hydrogen-bond donors (Lipinski definition) is 1. The monoisotopic (exact) mass is 481 g/mol. The zero-order valence-corrected chi connectivity index (χ0v) is 18.9. The molecule has 1 amide bonds. The molecule has 7 nitrogen and oxygen atoms in total. The summed E-state index contributed by atoms with van der Waals surface area (Å²) in [4.78, 5) is 24.4. The Kier molecular flexibility index (Phi) is 6.72. The van der Waals surface area contributed by atoms with Gasteiger partial charge in [-0.3, -0.25) is 4.79 Å². The zero-order chi connectivity index (χ0) is 23.4. The number of benzene rings is 3. The first-order valence-electron chi connectivity index (χ1n) is 9.82. The molecule has 0 aliphatic heterocycles. The second-order valence-corrected chi connectivity index (χ2v) is 7.90. The predicted octanol–water partition coefficient (Wildman–Crippen LogP) is 5.81. The Morgan fingerprint density at radius 2 is 1.70 bits per heavy atom. The number of anilines is 1. The molecule has 33 heavy (non-hydrogen) atoms. The zero-order valence-electron chi connectivity index (χ0n) is 17.3. The van der Waals surface area contributed by atoms with Crippen LogP contribution in [0.4, 0.5) is 5.69 Å². The quantitative estimate of drug-likeness (QED) is 0.349. The van der Waals surface area contributed by atoms with Gasteiger partial charge in [-0.2, -0.15) is 0 Å². The molecule has 4 rings (SSSR count). The minimum Gasteiger partial charge on any atom is -0.452 e. The SMILES string of the molecule is Cc1ccccc1-c1nnc(-c2ccc(C(=O)OCC(=O)Nc3cc(Cl)ccc3Cl)cc2)o1. The highest BCUT2D eigenvalue weighted by Crippen LogP contribution is 2.27. The van der Waals surface area contributed by atoms with Crippen molar-refractivity contribution in [2.24, 2.45) is 0 Å². The van der Waals surface area contributed by atoms with Gasteiger partial charge in [0.25, 0.3) is 5.91 Å². The Balaban J connectivity index is 1.37. The van der Waals surface area contributed by atoms with Crippen LogP contribution in [0.5, 0.6) is 0 Å². The molecule has 0 saturated carbocycles. The normalized spacial score (nSPS) is 10.6. The van der Waals surface area contributed by atoms with Gasteiger partial charge in [0, 0.05) is 16.1 Å². The summed E-state index contributed by atoms with van der Waals surface area (Å²) >= 11 is 11.9. The number of nitrogens with one attached hydrogen (secondary N) is 1. The Morgan fingerprint density at radius 3 is 2.45 bits per heavy atom. The van der Waals surface area contributed by atoms with E-state index in [9.17, 15) is 9.59 Å². The fourth-order valence-electron chi connectivity index (χ4n) is 3.00. The number of nitrogens with zero attached hydrogens (tertiary/aromatic N) is 2. The summed E-state index contributed by atoms with van der Waals surface area (Å²) in [7, 11) is 0.